The number of nitrogens with one attached hydrogen (secondary N) is 8. The molecule has 9 fully saturated rings. The van der Waals surface area contributed by atoms with E-state index in [9.17, 15) is 51.9 Å². The summed E-state index contributed by atoms with van der Waals surface area (Å²) in [5.74, 6) is -1.23. The Morgan fingerprint density at radius 2 is 0.439 bits per heavy atom. The van der Waals surface area contributed by atoms with E-state index < -0.39 is 86.1 Å². The summed E-state index contributed by atoms with van der Waals surface area (Å²) in [4.78, 5) is 0. The molecule has 0 aromatic rings. The van der Waals surface area contributed by atoms with Crippen molar-refractivity contribution in [2.45, 2.75) is 147 Å². The quantitative estimate of drug-likeness (QED) is 0.108. The molecule has 4 saturated carbocycles. The molecule has 20 atom stereocenters. The van der Waals surface area contributed by atoms with Gasteiger partial charge in [0.1, 0.15) is 0 Å². The standard InChI is InChI=1S/C32H56N8O12S4.Fe/c41-53(42,43)13-1-5-17-21(9-13)29-34-25(17)33-26-18-6-2-15(55(47,48)49)11-23(18)31(35-26)40-32-24-12-16(56(50,51)52)4-8-20(24)28(39-32)38-30-22-10-14(54(44,45)46)3-7-19(22)27(36-29)37-30;/h13-40H,1-12H2,(H,41,42,43)(H,44,45,46)(H,47,48,49)(H,50,51,52);. The van der Waals surface area contributed by atoms with Gasteiger partial charge in [0, 0.05) is 17.1 Å². The Morgan fingerprint density at radius 3 is 0.596 bits per heavy atom. The van der Waals surface area contributed by atoms with Gasteiger partial charge in [-0.25, -0.2) is 0 Å². The van der Waals surface area contributed by atoms with Gasteiger partial charge in [-0.15, -0.1) is 0 Å². The second-order valence-electron chi connectivity index (χ2n) is 18.3. The average Bonchev–Trinajstić information content (AvgIpc) is 3.84. The van der Waals surface area contributed by atoms with Crippen LogP contribution in [0.25, 0.3) is 0 Å². The van der Waals surface area contributed by atoms with Gasteiger partial charge >= 0.3 is 0 Å². The van der Waals surface area contributed by atoms with Gasteiger partial charge in [0.25, 0.3) is 40.5 Å². The first kappa shape index (κ1) is 43.5. The molecule has 328 valence electrons. The predicted octanol–water partition coefficient (Wildman–Crippen LogP) is -1.93. The summed E-state index contributed by atoms with van der Waals surface area (Å²) in [6, 6.07) is 0. The fourth-order valence-electron chi connectivity index (χ4n) is 12.9. The van der Waals surface area contributed by atoms with E-state index in [0.717, 1.165) is 0 Å². The predicted molar refractivity (Wildman–Crippen MR) is 200 cm³/mol. The van der Waals surface area contributed by atoms with Crippen LogP contribution >= 0.6 is 0 Å². The van der Waals surface area contributed by atoms with Crippen molar-refractivity contribution in [2.24, 2.45) is 47.3 Å². The van der Waals surface area contributed by atoms with Gasteiger partial charge < -0.3 is 0 Å². The van der Waals surface area contributed by atoms with E-state index in [-0.39, 0.29) is 140 Å². The largest absolute Gasteiger partial charge is 0.286 e. The minimum absolute atomic E-state index is 0. The van der Waals surface area contributed by atoms with E-state index in [1.54, 1.807) is 0 Å². The third kappa shape index (κ3) is 8.28. The molecule has 0 spiro atoms. The summed E-state index contributed by atoms with van der Waals surface area (Å²) in [5.41, 5.74) is 0. The molecule has 25 heteroatoms. The molecular formula is C32H56FeN8O12S4. The zero-order valence-corrected chi connectivity index (χ0v) is 35.4. The maximum atomic E-state index is 12.5. The third-order valence-electron chi connectivity index (χ3n) is 15.6. The molecule has 8 bridgehead atoms. The maximum absolute atomic E-state index is 12.5. The fraction of sp³-hybridized carbons (Fsp3) is 1.00. The Hall–Kier alpha value is -0.161. The second kappa shape index (κ2) is 15.6. The van der Waals surface area contributed by atoms with Crippen molar-refractivity contribution < 1.29 is 69.0 Å². The molecule has 9 aliphatic rings. The molecule has 0 amide bonds. The number of hydrogen-bond donors (Lipinski definition) is 12. The van der Waals surface area contributed by atoms with E-state index in [0.29, 0.717) is 25.7 Å². The fourth-order valence-corrected chi connectivity index (χ4v) is 16.5. The van der Waals surface area contributed by atoms with Crippen LogP contribution in [0.4, 0.5) is 0 Å². The van der Waals surface area contributed by atoms with Crippen molar-refractivity contribution >= 4 is 40.5 Å². The van der Waals surface area contributed by atoms with Gasteiger partial charge in [-0.2, -0.15) is 33.7 Å². The topological polar surface area (TPSA) is 314 Å². The zero-order valence-electron chi connectivity index (χ0n) is 31.1. The monoisotopic (exact) mass is 928 g/mol. The van der Waals surface area contributed by atoms with Crippen LogP contribution in [0.3, 0.4) is 0 Å². The molecule has 0 aromatic heterocycles. The Bertz CT molecular complexity index is 1990. The van der Waals surface area contributed by atoms with Gasteiger partial charge in [0.15, 0.2) is 0 Å². The van der Waals surface area contributed by atoms with Crippen molar-refractivity contribution in [3.63, 3.8) is 0 Å². The van der Waals surface area contributed by atoms with Crippen molar-refractivity contribution in [2.75, 3.05) is 0 Å². The zero-order chi connectivity index (χ0) is 39.7. The summed E-state index contributed by atoms with van der Waals surface area (Å²) in [5, 5.41) is 26.0. The molecule has 9 rings (SSSR count). The summed E-state index contributed by atoms with van der Waals surface area (Å²) >= 11 is 0. The first-order chi connectivity index (χ1) is 26.2. The van der Waals surface area contributed by atoms with Crippen molar-refractivity contribution in [1.82, 2.24) is 42.5 Å². The Kier molecular flexibility index (Phi) is 11.9. The number of rotatable bonds is 4. The van der Waals surface area contributed by atoms with Crippen molar-refractivity contribution in [3.8, 4) is 0 Å². The molecule has 5 heterocycles. The van der Waals surface area contributed by atoms with Gasteiger partial charge in [0.05, 0.1) is 70.3 Å². The molecule has 20 unspecified atom stereocenters. The third-order valence-corrected chi connectivity index (χ3v) is 20.7. The summed E-state index contributed by atoms with van der Waals surface area (Å²) in [7, 11) is -17.3. The summed E-state index contributed by atoms with van der Waals surface area (Å²) < 4.78 is 140. The molecule has 5 aliphatic heterocycles. The van der Waals surface area contributed by atoms with Crippen LogP contribution in [-0.2, 0) is 57.5 Å². The van der Waals surface area contributed by atoms with Crippen LogP contribution in [0.2, 0.25) is 0 Å². The van der Waals surface area contributed by atoms with Crippen LogP contribution in [0.1, 0.15) is 77.0 Å². The molecular weight excluding hydrogens is 873 g/mol. The molecule has 0 aromatic carbocycles. The molecule has 20 nitrogen and oxygen atoms in total. The van der Waals surface area contributed by atoms with Crippen LogP contribution in [-0.4, -0.2) is 122 Å². The average molecular weight is 929 g/mol. The van der Waals surface area contributed by atoms with Crippen LogP contribution in [0.15, 0.2) is 0 Å². The van der Waals surface area contributed by atoms with Gasteiger partial charge in [0.2, 0.25) is 0 Å². The summed E-state index contributed by atoms with van der Waals surface area (Å²) in [6.45, 7) is 0. The maximum Gasteiger partial charge on any atom is 0.267 e. The molecule has 57 heavy (non-hydrogen) atoms. The first-order valence-corrected chi connectivity index (χ1v) is 26.2. The van der Waals surface area contributed by atoms with E-state index in [1.807, 2.05) is 0 Å². The Balaban J connectivity index is 0.00000455. The van der Waals surface area contributed by atoms with Crippen molar-refractivity contribution in [1.29, 1.82) is 0 Å². The SMILES string of the molecule is O=S(=O)(O)C1CCC2C3NC4NC(NC5NC(NC6NC(NC(N3)C2C1)C1CCC(S(=O)(=O)O)CC61)C1CCC(S(=O)(=O)O)CC51)C1CC(S(=O)(=O)O)CCC41.[Fe]. The van der Waals surface area contributed by atoms with Gasteiger partial charge in [-0.3, -0.25) is 60.7 Å². The Morgan fingerprint density at radius 1 is 0.281 bits per heavy atom. The van der Waals surface area contributed by atoms with E-state index in [1.165, 1.54) is 0 Å². The van der Waals surface area contributed by atoms with Gasteiger partial charge in [-0.05, 0) is 124 Å². The van der Waals surface area contributed by atoms with E-state index in [2.05, 4.69) is 42.5 Å². The Labute approximate surface area is 345 Å². The van der Waals surface area contributed by atoms with Crippen LogP contribution in [0, 0.1) is 47.3 Å². The molecule has 0 radical (unpaired) electrons. The molecule has 5 saturated heterocycles. The van der Waals surface area contributed by atoms with Crippen molar-refractivity contribution in [3.05, 3.63) is 0 Å². The minimum Gasteiger partial charge on any atom is -0.286 e. The molecule has 4 aliphatic carbocycles. The smallest absolute Gasteiger partial charge is 0.267 e. The summed E-state index contributed by atoms with van der Waals surface area (Å²) in [6.07, 6.45) is 0.748. The van der Waals surface area contributed by atoms with Crippen LogP contribution in [0.5, 0.6) is 0 Å². The number of fused-ring (bicyclic) bond motifs is 20. The van der Waals surface area contributed by atoms with Gasteiger partial charge in [-0.1, -0.05) is 0 Å². The molecule has 12 N–H and O–H groups in total. The van der Waals surface area contributed by atoms with E-state index in [4.69, 9.17) is 0 Å². The van der Waals surface area contributed by atoms with Crippen LogP contribution < -0.4 is 42.5 Å². The second-order valence-corrected chi connectivity index (χ2v) is 25.1. The minimum atomic E-state index is -4.33. The first-order valence-electron chi connectivity index (χ1n) is 20.2. The number of hydrogen-bond acceptors (Lipinski definition) is 16. The van der Waals surface area contributed by atoms with E-state index >= 15 is 0 Å². The normalized spacial score (nSPS) is 50.2.